The lowest BCUT2D eigenvalue weighted by Gasteiger charge is -2.33. The summed E-state index contributed by atoms with van der Waals surface area (Å²) < 4.78 is 1.06. The van der Waals surface area contributed by atoms with Crippen molar-refractivity contribution in [1.82, 2.24) is 0 Å². The van der Waals surface area contributed by atoms with E-state index in [9.17, 15) is 0 Å². The Morgan fingerprint density at radius 1 is 0.393 bits per heavy atom. The van der Waals surface area contributed by atoms with Gasteiger partial charge in [0.15, 0.2) is 0 Å². The Morgan fingerprint density at radius 2 is 0.946 bits per heavy atom. The van der Waals surface area contributed by atoms with Crippen molar-refractivity contribution in [3.05, 3.63) is 220 Å². The van der Waals surface area contributed by atoms with Crippen LogP contribution in [0.25, 0.3) is 54.9 Å². The molecule has 0 aromatic heterocycles. The van der Waals surface area contributed by atoms with Crippen LogP contribution in [0.5, 0.6) is 0 Å². The van der Waals surface area contributed by atoms with Crippen LogP contribution in [0.2, 0.25) is 0 Å². The van der Waals surface area contributed by atoms with Crippen LogP contribution < -0.4 is 4.90 Å². The van der Waals surface area contributed by atoms with Gasteiger partial charge in [-0.2, -0.15) is 0 Å². The van der Waals surface area contributed by atoms with E-state index in [1.54, 1.807) is 0 Å². The average Bonchev–Trinajstić information content (AvgIpc) is 3.80. The van der Waals surface area contributed by atoms with Crippen LogP contribution >= 0.6 is 15.9 Å². The van der Waals surface area contributed by atoms with E-state index in [1.807, 2.05) is 0 Å². The second-order valence-corrected chi connectivity index (χ2v) is 17.0. The van der Waals surface area contributed by atoms with Crippen LogP contribution in [0, 0.1) is 0 Å². The van der Waals surface area contributed by atoms with E-state index in [-0.39, 0.29) is 5.41 Å². The van der Waals surface area contributed by atoms with Gasteiger partial charge in [0.05, 0.1) is 16.8 Å². The minimum Gasteiger partial charge on any atom is -0.309 e. The number of benzene rings is 9. The third-order valence-corrected chi connectivity index (χ3v) is 13.7. The topological polar surface area (TPSA) is 3.24 Å². The maximum atomic E-state index is 4.25. The molecule has 12 rings (SSSR count). The fourth-order valence-electron chi connectivity index (χ4n) is 10.8. The summed E-state index contributed by atoms with van der Waals surface area (Å²) in [5, 5.41) is 5.11. The molecule has 0 heterocycles. The Labute approximate surface area is 335 Å². The first-order valence-corrected chi connectivity index (χ1v) is 20.3. The van der Waals surface area contributed by atoms with Crippen molar-refractivity contribution in [3.63, 3.8) is 0 Å². The van der Waals surface area contributed by atoms with E-state index in [0.29, 0.717) is 0 Å². The van der Waals surface area contributed by atoms with Crippen LogP contribution in [-0.2, 0) is 10.8 Å². The van der Waals surface area contributed by atoms with Crippen molar-refractivity contribution in [3.8, 4) is 33.4 Å². The van der Waals surface area contributed by atoms with E-state index in [2.05, 4.69) is 217 Å². The largest absolute Gasteiger partial charge is 0.309 e. The molecular weight excluding hydrogens is 743 g/mol. The van der Waals surface area contributed by atoms with Crippen molar-refractivity contribution >= 4 is 54.5 Å². The van der Waals surface area contributed by atoms with E-state index >= 15 is 0 Å². The minimum atomic E-state index is -0.518. The van der Waals surface area contributed by atoms with Crippen LogP contribution in [0.1, 0.15) is 47.2 Å². The van der Waals surface area contributed by atoms with Crippen molar-refractivity contribution in [2.45, 2.75) is 24.7 Å². The van der Waals surface area contributed by atoms with Crippen LogP contribution in [0.3, 0.4) is 0 Å². The lowest BCUT2D eigenvalue weighted by atomic mass is 9.70. The van der Waals surface area contributed by atoms with Gasteiger partial charge in [-0.15, -0.1) is 0 Å². The normalized spacial score (nSPS) is 16.3. The summed E-state index contributed by atoms with van der Waals surface area (Å²) in [5.41, 5.74) is 18.7. The molecular formula is C54H36BrN. The summed E-state index contributed by atoms with van der Waals surface area (Å²) in [7, 11) is 0. The molecule has 2 heteroatoms. The number of hydrogen-bond donors (Lipinski definition) is 0. The van der Waals surface area contributed by atoms with Gasteiger partial charge >= 0.3 is 0 Å². The highest BCUT2D eigenvalue weighted by atomic mass is 79.9. The SMILES string of the molecule is CC1(C)c2ccccc2-c2c(N(c3ccccc3)c3cc4c(cc3Br)-c3c(ccc5ccccc35)C43c4ccccc4-c4c3ccc3ccccc43)cccc21. The highest BCUT2D eigenvalue weighted by molar-refractivity contribution is 9.10. The zero-order valence-electron chi connectivity index (χ0n) is 31.1. The van der Waals surface area contributed by atoms with Gasteiger partial charge in [-0.25, -0.2) is 0 Å². The van der Waals surface area contributed by atoms with Crippen LogP contribution in [0.15, 0.2) is 186 Å². The zero-order chi connectivity index (χ0) is 37.3. The first-order valence-electron chi connectivity index (χ1n) is 19.5. The molecule has 1 atom stereocenters. The molecule has 9 aromatic rings. The summed E-state index contributed by atoms with van der Waals surface area (Å²) in [5.74, 6) is 0. The van der Waals surface area contributed by atoms with Crippen molar-refractivity contribution < 1.29 is 0 Å². The lowest BCUT2D eigenvalue weighted by molar-refractivity contribution is 0.660. The van der Waals surface area contributed by atoms with Gasteiger partial charge in [-0.3, -0.25) is 0 Å². The van der Waals surface area contributed by atoms with E-state index in [1.165, 1.54) is 94.0 Å². The second-order valence-electron chi connectivity index (χ2n) is 16.1. The molecule has 9 aromatic carbocycles. The number of anilines is 3. The molecule has 0 N–H and O–H groups in total. The highest BCUT2D eigenvalue weighted by Gasteiger charge is 2.53. The summed E-state index contributed by atoms with van der Waals surface area (Å²) in [6, 6.07) is 68.2. The van der Waals surface area contributed by atoms with E-state index < -0.39 is 5.41 Å². The summed E-state index contributed by atoms with van der Waals surface area (Å²) >= 11 is 4.25. The number of nitrogens with zero attached hydrogens (tertiary/aromatic N) is 1. The molecule has 3 aliphatic carbocycles. The van der Waals surface area contributed by atoms with Crippen molar-refractivity contribution in [1.29, 1.82) is 0 Å². The summed E-state index contributed by atoms with van der Waals surface area (Å²) in [6.45, 7) is 4.73. The van der Waals surface area contributed by atoms with E-state index in [0.717, 1.165) is 15.8 Å². The molecule has 0 amide bonds. The first kappa shape index (κ1) is 32.1. The van der Waals surface area contributed by atoms with Gasteiger partial charge in [-0.05, 0) is 129 Å². The Balaban J connectivity index is 1.22. The zero-order valence-corrected chi connectivity index (χ0v) is 32.7. The predicted octanol–water partition coefficient (Wildman–Crippen LogP) is 14.9. The second kappa shape index (κ2) is 11.4. The lowest BCUT2D eigenvalue weighted by Crippen LogP contribution is -2.26. The fourth-order valence-corrected chi connectivity index (χ4v) is 11.3. The number of rotatable bonds is 3. The summed E-state index contributed by atoms with van der Waals surface area (Å²) in [4.78, 5) is 2.50. The van der Waals surface area contributed by atoms with Gasteiger partial charge in [0.1, 0.15) is 0 Å². The fraction of sp³-hybridized carbons (Fsp3) is 0.0741. The number of para-hydroxylation sites is 1. The average molecular weight is 779 g/mol. The Kier molecular flexibility index (Phi) is 6.53. The van der Waals surface area contributed by atoms with Gasteiger partial charge in [0.2, 0.25) is 0 Å². The predicted molar refractivity (Wildman–Crippen MR) is 238 cm³/mol. The molecule has 264 valence electrons. The van der Waals surface area contributed by atoms with Gasteiger partial charge in [0, 0.05) is 21.1 Å². The molecule has 0 bridgehead atoms. The minimum absolute atomic E-state index is 0.119. The monoisotopic (exact) mass is 777 g/mol. The summed E-state index contributed by atoms with van der Waals surface area (Å²) in [6.07, 6.45) is 0. The molecule has 0 fully saturated rings. The smallest absolute Gasteiger partial charge is 0.0726 e. The van der Waals surface area contributed by atoms with Crippen LogP contribution in [0.4, 0.5) is 17.1 Å². The Morgan fingerprint density at radius 3 is 1.64 bits per heavy atom. The third kappa shape index (κ3) is 4.00. The molecule has 0 radical (unpaired) electrons. The first-order chi connectivity index (χ1) is 27.5. The van der Waals surface area contributed by atoms with Gasteiger partial charge in [0.25, 0.3) is 0 Å². The third-order valence-electron chi connectivity index (χ3n) is 13.1. The van der Waals surface area contributed by atoms with E-state index in [4.69, 9.17) is 0 Å². The molecule has 56 heavy (non-hydrogen) atoms. The van der Waals surface area contributed by atoms with Crippen molar-refractivity contribution in [2.75, 3.05) is 4.90 Å². The molecule has 1 unspecified atom stereocenters. The van der Waals surface area contributed by atoms with Crippen LogP contribution in [-0.4, -0.2) is 0 Å². The molecule has 0 saturated heterocycles. The standard InChI is InChI=1S/C54H36BrN/c1-53(2)41-23-12-10-21-38(41)52-43(53)25-14-26-48(52)56(35-17-4-3-5-18-35)49-32-46-40(31-47(49)55)51-37-20-9-7-16-34(37)28-30-45(51)54(46)42-24-13-11-22-39(42)50-36-19-8-6-15-33(36)27-29-44(50)54/h3-32H,1-2H3. The van der Waals surface area contributed by atoms with Crippen molar-refractivity contribution in [2.24, 2.45) is 0 Å². The highest BCUT2D eigenvalue weighted by Crippen LogP contribution is 2.66. The maximum Gasteiger partial charge on any atom is 0.0726 e. The number of fused-ring (bicyclic) bond motifs is 17. The van der Waals surface area contributed by atoms with Gasteiger partial charge in [-0.1, -0.05) is 166 Å². The molecule has 0 saturated carbocycles. The number of halogens is 1. The number of hydrogen-bond acceptors (Lipinski definition) is 1. The Bertz CT molecular complexity index is 3140. The molecule has 0 aliphatic heterocycles. The maximum absolute atomic E-state index is 4.25. The Hall–Kier alpha value is -6.22. The quantitative estimate of drug-likeness (QED) is 0.173. The van der Waals surface area contributed by atoms with Gasteiger partial charge < -0.3 is 4.90 Å². The molecule has 1 spiro atoms. The molecule has 3 aliphatic rings. The molecule has 1 nitrogen and oxygen atoms in total.